The van der Waals surface area contributed by atoms with Gasteiger partial charge < -0.3 is 30.1 Å². The van der Waals surface area contributed by atoms with Gasteiger partial charge in [-0.05, 0) is 6.42 Å². The summed E-state index contributed by atoms with van der Waals surface area (Å²) in [5.41, 5.74) is 0. The number of carboxylic acid groups (broad SMARTS) is 1. The predicted octanol–water partition coefficient (Wildman–Crippen LogP) is 2.74. The van der Waals surface area contributed by atoms with Gasteiger partial charge in [0.2, 0.25) is 5.91 Å². The van der Waals surface area contributed by atoms with Crippen molar-refractivity contribution in [3.63, 3.8) is 0 Å². The molecule has 1 amide bonds. The second kappa shape index (κ2) is 15.6. The molecular weight excluding hydrogens is 390 g/mol. The van der Waals surface area contributed by atoms with Crippen molar-refractivity contribution in [1.82, 2.24) is 5.32 Å². The average Bonchev–Trinajstić information content (AvgIpc) is 2.69. The van der Waals surface area contributed by atoms with Gasteiger partial charge in [0.15, 0.2) is 12.4 Å². The monoisotopic (exact) mass is 431 g/mol. The summed E-state index contributed by atoms with van der Waals surface area (Å²) in [6, 6.07) is -1.02. The van der Waals surface area contributed by atoms with Gasteiger partial charge in [0, 0.05) is 13.5 Å². The van der Waals surface area contributed by atoms with Gasteiger partial charge in [-0.25, -0.2) is 4.79 Å². The zero-order valence-corrected chi connectivity index (χ0v) is 18.6. The summed E-state index contributed by atoms with van der Waals surface area (Å²) in [6.45, 7) is 3.83. The van der Waals surface area contributed by atoms with Gasteiger partial charge in [-0.2, -0.15) is 0 Å². The molecule has 0 saturated carbocycles. The molecule has 30 heavy (non-hydrogen) atoms. The van der Waals surface area contributed by atoms with Crippen molar-refractivity contribution >= 4 is 11.9 Å². The number of unbranched alkanes of at least 4 members (excludes halogenated alkanes) is 11. The first-order chi connectivity index (χ1) is 14.4. The molecule has 0 aromatic rings. The SMILES string of the molecule is CCCCCCCCCCCCCCOC1O[C@H](C(=O)O)[C@@H](O)[C@H](O)[C@H]1NC(C)=O. The molecule has 1 heterocycles. The van der Waals surface area contributed by atoms with E-state index in [1.165, 1.54) is 64.7 Å². The van der Waals surface area contributed by atoms with E-state index in [0.717, 1.165) is 19.3 Å². The summed E-state index contributed by atoms with van der Waals surface area (Å²) in [7, 11) is 0. The molecule has 0 aromatic carbocycles. The first-order valence-corrected chi connectivity index (χ1v) is 11.5. The topological polar surface area (TPSA) is 125 Å². The second-order valence-electron chi connectivity index (χ2n) is 8.23. The molecule has 1 saturated heterocycles. The molecule has 0 radical (unpaired) electrons. The fourth-order valence-corrected chi connectivity index (χ4v) is 3.74. The standard InChI is InChI=1S/C22H41NO7/c1-3-4-5-6-7-8-9-10-11-12-13-14-15-29-22-17(23-16(2)24)18(25)19(26)20(30-22)21(27)28/h17-20,22,25-26H,3-15H2,1-2H3,(H,23,24)(H,27,28)/t17-,18-,19+,20+,22?/m1/s1. The largest absolute Gasteiger partial charge is 0.479 e. The van der Waals surface area contributed by atoms with E-state index in [0.29, 0.717) is 6.61 Å². The number of aliphatic hydroxyl groups excluding tert-OH is 2. The summed E-state index contributed by atoms with van der Waals surface area (Å²) in [5.74, 6) is -1.82. The number of amides is 1. The minimum Gasteiger partial charge on any atom is -0.479 e. The first-order valence-electron chi connectivity index (χ1n) is 11.5. The predicted molar refractivity (Wildman–Crippen MR) is 113 cm³/mol. The molecular formula is C22H41NO7. The molecule has 1 fully saturated rings. The Hall–Kier alpha value is -1.22. The average molecular weight is 432 g/mol. The molecule has 176 valence electrons. The Morgan fingerprint density at radius 1 is 0.867 bits per heavy atom. The van der Waals surface area contributed by atoms with Crippen LogP contribution >= 0.6 is 0 Å². The number of nitrogens with one attached hydrogen (secondary N) is 1. The van der Waals surface area contributed by atoms with Gasteiger partial charge >= 0.3 is 5.97 Å². The lowest BCUT2D eigenvalue weighted by Crippen LogP contribution is -2.65. The molecule has 1 rings (SSSR count). The number of carbonyl (C=O) groups is 2. The zero-order valence-electron chi connectivity index (χ0n) is 18.6. The number of aliphatic carboxylic acids is 1. The van der Waals surface area contributed by atoms with Crippen LogP contribution in [-0.4, -0.2) is 64.4 Å². The van der Waals surface area contributed by atoms with Crippen LogP contribution in [0.1, 0.15) is 90.9 Å². The second-order valence-corrected chi connectivity index (χ2v) is 8.23. The van der Waals surface area contributed by atoms with Gasteiger partial charge in [0.25, 0.3) is 0 Å². The van der Waals surface area contributed by atoms with Crippen LogP contribution in [0.3, 0.4) is 0 Å². The number of ether oxygens (including phenoxy) is 2. The Labute approximate surface area is 180 Å². The fraction of sp³-hybridized carbons (Fsp3) is 0.909. The molecule has 8 heteroatoms. The lowest BCUT2D eigenvalue weighted by Gasteiger charge is -2.41. The van der Waals surface area contributed by atoms with Crippen molar-refractivity contribution in [3.8, 4) is 0 Å². The normalized spacial score (nSPS) is 26.5. The van der Waals surface area contributed by atoms with E-state index in [1.807, 2.05) is 0 Å². The van der Waals surface area contributed by atoms with Crippen LogP contribution in [0, 0.1) is 0 Å². The van der Waals surface area contributed by atoms with Crippen molar-refractivity contribution in [3.05, 3.63) is 0 Å². The zero-order chi connectivity index (χ0) is 22.4. The fourth-order valence-electron chi connectivity index (χ4n) is 3.74. The summed E-state index contributed by atoms with van der Waals surface area (Å²) in [5, 5.41) is 31.8. The van der Waals surface area contributed by atoms with Crippen LogP contribution < -0.4 is 5.32 Å². The third kappa shape index (κ3) is 10.2. The highest BCUT2D eigenvalue weighted by molar-refractivity contribution is 5.74. The van der Waals surface area contributed by atoms with Gasteiger partial charge in [-0.3, -0.25) is 4.79 Å². The van der Waals surface area contributed by atoms with Gasteiger partial charge in [-0.1, -0.05) is 77.6 Å². The molecule has 4 N–H and O–H groups in total. The number of carbonyl (C=O) groups excluding carboxylic acids is 1. The van der Waals surface area contributed by atoms with E-state index in [2.05, 4.69) is 12.2 Å². The minimum atomic E-state index is -1.65. The Morgan fingerprint density at radius 3 is 1.83 bits per heavy atom. The van der Waals surface area contributed by atoms with Crippen molar-refractivity contribution < 1.29 is 34.4 Å². The highest BCUT2D eigenvalue weighted by Gasteiger charge is 2.48. The lowest BCUT2D eigenvalue weighted by atomic mass is 9.96. The molecule has 0 aliphatic carbocycles. The van der Waals surface area contributed by atoms with Gasteiger partial charge in [-0.15, -0.1) is 0 Å². The van der Waals surface area contributed by atoms with Crippen molar-refractivity contribution in [1.29, 1.82) is 0 Å². The van der Waals surface area contributed by atoms with E-state index in [1.54, 1.807) is 0 Å². The van der Waals surface area contributed by atoms with Crippen LogP contribution in [0.15, 0.2) is 0 Å². The Morgan fingerprint density at radius 2 is 1.37 bits per heavy atom. The Balaban J connectivity index is 2.21. The highest BCUT2D eigenvalue weighted by Crippen LogP contribution is 2.23. The van der Waals surface area contributed by atoms with Crippen LogP contribution in [0.25, 0.3) is 0 Å². The van der Waals surface area contributed by atoms with Crippen molar-refractivity contribution in [2.24, 2.45) is 0 Å². The number of rotatable bonds is 16. The number of hydrogen-bond acceptors (Lipinski definition) is 6. The van der Waals surface area contributed by atoms with E-state index in [-0.39, 0.29) is 0 Å². The minimum absolute atomic E-state index is 0.327. The molecule has 0 bridgehead atoms. The summed E-state index contributed by atoms with van der Waals surface area (Å²) in [4.78, 5) is 22.6. The van der Waals surface area contributed by atoms with E-state index >= 15 is 0 Å². The van der Waals surface area contributed by atoms with Crippen LogP contribution in [0.4, 0.5) is 0 Å². The van der Waals surface area contributed by atoms with Crippen LogP contribution in [0.5, 0.6) is 0 Å². The molecule has 0 spiro atoms. The van der Waals surface area contributed by atoms with Gasteiger partial charge in [0.1, 0.15) is 18.2 Å². The van der Waals surface area contributed by atoms with E-state index in [9.17, 15) is 19.8 Å². The van der Waals surface area contributed by atoms with Gasteiger partial charge in [0.05, 0.1) is 0 Å². The van der Waals surface area contributed by atoms with E-state index in [4.69, 9.17) is 14.6 Å². The lowest BCUT2D eigenvalue weighted by molar-refractivity contribution is -0.264. The molecule has 8 nitrogen and oxygen atoms in total. The van der Waals surface area contributed by atoms with Crippen molar-refractivity contribution in [2.45, 2.75) is 122 Å². The van der Waals surface area contributed by atoms with E-state index < -0.39 is 42.5 Å². The highest BCUT2D eigenvalue weighted by atomic mass is 16.7. The first kappa shape index (κ1) is 26.8. The summed E-state index contributed by atoms with van der Waals surface area (Å²) >= 11 is 0. The molecule has 5 atom stereocenters. The quantitative estimate of drug-likeness (QED) is 0.277. The molecule has 1 aliphatic heterocycles. The van der Waals surface area contributed by atoms with Crippen LogP contribution in [0.2, 0.25) is 0 Å². The Kier molecular flexibility index (Phi) is 13.9. The molecule has 1 aliphatic rings. The summed E-state index contributed by atoms with van der Waals surface area (Å²) < 4.78 is 10.9. The van der Waals surface area contributed by atoms with Crippen LogP contribution in [-0.2, 0) is 19.1 Å². The summed E-state index contributed by atoms with van der Waals surface area (Å²) in [6.07, 6.45) is 8.72. The third-order valence-electron chi connectivity index (χ3n) is 5.50. The smallest absolute Gasteiger partial charge is 0.335 e. The third-order valence-corrected chi connectivity index (χ3v) is 5.50. The maximum Gasteiger partial charge on any atom is 0.335 e. The molecule has 1 unspecified atom stereocenters. The maximum atomic E-state index is 11.4. The Bertz CT molecular complexity index is 488. The van der Waals surface area contributed by atoms with Crippen molar-refractivity contribution in [2.75, 3.05) is 6.61 Å². The molecule has 0 aromatic heterocycles. The number of aliphatic hydroxyl groups is 2. The number of hydrogen-bond donors (Lipinski definition) is 4. The maximum absolute atomic E-state index is 11.4. The number of carboxylic acids is 1.